The average molecular weight is 359 g/mol. The topological polar surface area (TPSA) is 39.1 Å². The predicted octanol–water partition coefficient (Wildman–Crippen LogP) is 3.18. The fourth-order valence-corrected chi connectivity index (χ4v) is 6.11. The van der Waals surface area contributed by atoms with Gasteiger partial charge in [0.25, 0.3) is 5.56 Å². The van der Waals surface area contributed by atoms with E-state index in [-0.39, 0.29) is 5.56 Å². The molecule has 0 aliphatic carbocycles. The summed E-state index contributed by atoms with van der Waals surface area (Å²) in [5.41, 5.74) is 0.605. The first-order chi connectivity index (χ1) is 12.6. The Hall–Kier alpha value is -2.90. The van der Waals surface area contributed by atoms with Crippen LogP contribution in [0, 0.1) is 0 Å². The van der Waals surface area contributed by atoms with Crippen LogP contribution in [0.5, 0.6) is 0 Å². The Morgan fingerprint density at radius 2 is 1.23 bits per heavy atom. The number of para-hydroxylation sites is 1. The van der Waals surface area contributed by atoms with E-state index >= 15 is 0 Å². The third-order valence-corrected chi connectivity index (χ3v) is 7.74. The zero-order valence-electron chi connectivity index (χ0n) is 14.4. The molecule has 1 aromatic heterocycles. The Morgan fingerprint density at radius 3 is 1.81 bits per heavy atom. The van der Waals surface area contributed by atoms with Gasteiger partial charge in [0.15, 0.2) is 7.14 Å². The second-order valence-corrected chi connectivity index (χ2v) is 8.97. The maximum absolute atomic E-state index is 14.4. The number of benzene rings is 3. The number of aromatic nitrogens is 1. The van der Waals surface area contributed by atoms with Crippen molar-refractivity contribution < 1.29 is 4.57 Å². The van der Waals surface area contributed by atoms with Gasteiger partial charge in [-0.1, -0.05) is 78.9 Å². The van der Waals surface area contributed by atoms with Gasteiger partial charge in [-0.3, -0.25) is 4.79 Å². The summed E-state index contributed by atoms with van der Waals surface area (Å²) in [6.07, 6.45) is 0. The van der Waals surface area contributed by atoms with Crippen LogP contribution in [0.1, 0.15) is 0 Å². The molecule has 4 aromatic rings. The van der Waals surface area contributed by atoms with Crippen molar-refractivity contribution in [1.29, 1.82) is 0 Å². The van der Waals surface area contributed by atoms with Gasteiger partial charge in [0.05, 0.1) is 10.8 Å². The van der Waals surface area contributed by atoms with E-state index in [1.807, 2.05) is 84.9 Å². The summed E-state index contributed by atoms with van der Waals surface area (Å²) in [5.74, 6) is 0. The molecule has 1 heterocycles. The number of hydrogen-bond donors (Lipinski definition) is 0. The molecule has 0 spiro atoms. The molecule has 26 heavy (non-hydrogen) atoms. The minimum Gasteiger partial charge on any atom is -0.311 e. The molecule has 0 radical (unpaired) electrons. The van der Waals surface area contributed by atoms with E-state index in [4.69, 9.17) is 0 Å². The van der Waals surface area contributed by atoms with Crippen LogP contribution in [0.3, 0.4) is 0 Å². The monoisotopic (exact) mass is 359 g/mol. The highest BCUT2D eigenvalue weighted by atomic mass is 31.2. The standard InChI is InChI=1S/C22H18NO2P/c1-23-20-15-9-8-10-17(20)16-21(22(23)24)26(25,18-11-4-2-5-12-18)19-13-6-3-7-14-19/h2-16H,1H3. The number of nitrogens with zero attached hydrogens (tertiary/aromatic N) is 1. The molecule has 3 aromatic carbocycles. The molecule has 0 bridgehead atoms. The van der Waals surface area contributed by atoms with E-state index in [2.05, 4.69) is 0 Å². The number of rotatable bonds is 3. The Kier molecular flexibility index (Phi) is 4.10. The fraction of sp³-hybridized carbons (Fsp3) is 0.0455. The summed E-state index contributed by atoms with van der Waals surface area (Å²) < 4.78 is 16.0. The van der Waals surface area contributed by atoms with E-state index in [1.165, 1.54) is 0 Å². The van der Waals surface area contributed by atoms with Crippen molar-refractivity contribution in [2.75, 3.05) is 0 Å². The lowest BCUT2D eigenvalue weighted by Crippen LogP contribution is -2.38. The Labute approximate surface area is 151 Å². The van der Waals surface area contributed by atoms with Gasteiger partial charge in [-0.05, 0) is 17.5 Å². The van der Waals surface area contributed by atoms with E-state index in [0.717, 1.165) is 10.9 Å². The Morgan fingerprint density at radius 1 is 0.731 bits per heavy atom. The van der Waals surface area contributed by atoms with Crippen LogP contribution in [-0.2, 0) is 11.6 Å². The number of fused-ring (bicyclic) bond motifs is 1. The van der Waals surface area contributed by atoms with E-state index < -0.39 is 7.14 Å². The molecule has 0 amide bonds. The molecular formula is C22H18NO2P. The predicted molar refractivity (Wildman–Crippen MR) is 109 cm³/mol. The van der Waals surface area contributed by atoms with Gasteiger partial charge in [-0.2, -0.15) is 0 Å². The fourth-order valence-electron chi connectivity index (χ4n) is 3.33. The number of aryl methyl sites for hydroxylation is 1. The first kappa shape index (κ1) is 16.6. The van der Waals surface area contributed by atoms with Crippen molar-refractivity contribution in [3.05, 3.63) is 101 Å². The lowest BCUT2D eigenvalue weighted by Gasteiger charge is -2.20. The molecule has 0 unspecified atom stereocenters. The molecule has 4 heteroatoms. The summed E-state index contributed by atoms with van der Waals surface area (Å²) in [6, 6.07) is 28.0. The quantitative estimate of drug-likeness (QED) is 0.527. The minimum atomic E-state index is -3.28. The highest BCUT2D eigenvalue weighted by molar-refractivity contribution is 7.85. The summed E-state index contributed by atoms with van der Waals surface area (Å²) in [5, 5.41) is 2.57. The molecule has 0 N–H and O–H groups in total. The highest BCUT2D eigenvalue weighted by Crippen LogP contribution is 2.41. The van der Waals surface area contributed by atoms with Gasteiger partial charge in [-0.25, -0.2) is 0 Å². The third-order valence-electron chi connectivity index (χ3n) is 4.69. The molecule has 3 nitrogen and oxygen atoms in total. The third kappa shape index (κ3) is 2.53. The Bertz CT molecular complexity index is 1140. The van der Waals surface area contributed by atoms with Crippen molar-refractivity contribution in [2.24, 2.45) is 7.05 Å². The van der Waals surface area contributed by atoms with Crippen LogP contribution in [0.15, 0.2) is 95.8 Å². The highest BCUT2D eigenvalue weighted by Gasteiger charge is 2.33. The SMILES string of the molecule is Cn1c(=O)c(P(=O)(c2ccccc2)c2ccccc2)cc2ccccc21. The maximum atomic E-state index is 14.4. The van der Waals surface area contributed by atoms with Gasteiger partial charge >= 0.3 is 0 Å². The van der Waals surface area contributed by atoms with Crippen LogP contribution in [0.2, 0.25) is 0 Å². The average Bonchev–Trinajstić information content (AvgIpc) is 2.71. The van der Waals surface area contributed by atoms with Gasteiger partial charge in [0.1, 0.15) is 0 Å². The van der Waals surface area contributed by atoms with Gasteiger partial charge in [-0.15, -0.1) is 0 Å². The molecule has 0 aliphatic heterocycles. The van der Waals surface area contributed by atoms with Crippen molar-refractivity contribution in [3.8, 4) is 0 Å². The van der Waals surface area contributed by atoms with Crippen LogP contribution in [0.25, 0.3) is 10.9 Å². The van der Waals surface area contributed by atoms with Crippen molar-refractivity contribution in [2.45, 2.75) is 0 Å². The maximum Gasteiger partial charge on any atom is 0.262 e. The van der Waals surface area contributed by atoms with Gasteiger partial charge < -0.3 is 9.13 Å². The number of pyridine rings is 1. The molecule has 128 valence electrons. The Balaban J connectivity index is 2.12. The number of hydrogen-bond acceptors (Lipinski definition) is 2. The zero-order valence-corrected chi connectivity index (χ0v) is 15.3. The van der Waals surface area contributed by atoms with Crippen molar-refractivity contribution in [1.82, 2.24) is 4.57 Å². The normalized spacial score (nSPS) is 11.6. The van der Waals surface area contributed by atoms with Gasteiger partial charge in [0.2, 0.25) is 0 Å². The molecule has 0 atom stereocenters. The van der Waals surface area contributed by atoms with Gasteiger partial charge in [0, 0.05) is 17.7 Å². The van der Waals surface area contributed by atoms with Crippen LogP contribution in [-0.4, -0.2) is 4.57 Å². The zero-order chi connectivity index (χ0) is 18.1. The molecule has 0 saturated heterocycles. The van der Waals surface area contributed by atoms with Crippen LogP contribution in [0.4, 0.5) is 0 Å². The minimum absolute atomic E-state index is 0.222. The molecule has 0 fully saturated rings. The lowest BCUT2D eigenvalue weighted by atomic mass is 10.2. The van der Waals surface area contributed by atoms with Crippen molar-refractivity contribution >= 4 is 34.0 Å². The van der Waals surface area contributed by atoms with E-state index in [9.17, 15) is 9.36 Å². The first-order valence-electron chi connectivity index (χ1n) is 8.43. The second kappa shape index (κ2) is 6.44. The second-order valence-electron chi connectivity index (χ2n) is 6.23. The van der Waals surface area contributed by atoms with E-state index in [1.54, 1.807) is 17.7 Å². The smallest absolute Gasteiger partial charge is 0.262 e. The molecule has 0 saturated carbocycles. The largest absolute Gasteiger partial charge is 0.311 e. The summed E-state index contributed by atoms with van der Waals surface area (Å²) >= 11 is 0. The van der Waals surface area contributed by atoms with Crippen LogP contribution < -0.4 is 21.5 Å². The van der Waals surface area contributed by atoms with Crippen LogP contribution >= 0.6 is 7.14 Å². The summed E-state index contributed by atoms with van der Waals surface area (Å²) in [4.78, 5) is 13.2. The molecular weight excluding hydrogens is 341 g/mol. The molecule has 0 aliphatic rings. The lowest BCUT2D eigenvalue weighted by molar-refractivity contribution is 0.592. The summed E-state index contributed by atoms with van der Waals surface area (Å²) in [6.45, 7) is 0. The van der Waals surface area contributed by atoms with Crippen molar-refractivity contribution in [3.63, 3.8) is 0 Å². The first-order valence-corrected chi connectivity index (χ1v) is 10.1. The summed E-state index contributed by atoms with van der Waals surface area (Å²) in [7, 11) is -1.55. The molecule has 4 rings (SSSR count). The van der Waals surface area contributed by atoms with E-state index in [0.29, 0.717) is 15.9 Å².